The van der Waals surface area contributed by atoms with Crippen molar-refractivity contribution < 1.29 is 9.59 Å². The Morgan fingerprint density at radius 1 is 1.00 bits per heavy atom. The van der Waals surface area contributed by atoms with E-state index in [4.69, 9.17) is 0 Å². The molecular weight excluding hydrogens is 394 g/mol. The first-order chi connectivity index (χ1) is 14.6. The minimum Gasteiger partial charge on any atom is -0.324 e. The van der Waals surface area contributed by atoms with Gasteiger partial charge in [0.15, 0.2) is 5.69 Å². The number of anilines is 2. The highest BCUT2D eigenvalue weighted by molar-refractivity contribution is 6.03. The lowest BCUT2D eigenvalue weighted by atomic mass is 10.1. The average Bonchev–Trinajstić information content (AvgIpc) is 3.38. The molecule has 1 atom stereocenters. The molecule has 2 aromatic heterocycles. The molecule has 0 spiro atoms. The first-order valence-corrected chi connectivity index (χ1v) is 10.2. The number of rotatable bonds is 6. The van der Waals surface area contributed by atoms with E-state index >= 15 is 0 Å². The van der Waals surface area contributed by atoms with Gasteiger partial charge in [0, 0.05) is 17.1 Å². The van der Waals surface area contributed by atoms with Crippen LogP contribution in [-0.4, -0.2) is 36.4 Å². The maximum atomic E-state index is 12.7. The number of carbonyl (C=O) groups excluding carboxylic acids is 2. The van der Waals surface area contributed by atoms with Crippen molar-refractivity contribution in [3.05, 3.63) is 54.4 Å². The Hall–Kier alpha value is -3.49. The first kappa shape index (κ1) is 22.2. The zero-order valence-electron chi connectivity index (χ0n) is 18.7. The van der Waals surface area contributed by atoms with Gasteiger partial charge in [0.2, 0.25) is 5.91 Å². The van der Waals surface area contributed by atoms with Crippen molar-refractivity contribution in [2.45, 2.75) is 59.0 Å². The van der Waals surface area contributed by atoms with Crippen LogP contribution in [0.1, 0.15) is 69.7 Å². The number of hydrogen-bond acceptors (Lipinski definition) is 5. The fourth-order valence-electron chi connectivity index (χ4n) is 3.07. The highest BCUT2D eigenvalue weighted by atomic mass is 16.2. The molecule has 2 amide bonds. The van der Waals surface area contributed by atoms with Gasteiger partial charge < -0.3 is 10.6 Å². The minimum atomic E-state index is -0.491. The molecule has 0 aliphatic heterocycles. The van der Waals surface area contributed by atoms with Crippen molar-refractivity contribution in [2.75, 3.05) is 10.6 Å². The molecule has 9 nitrogen and oxygen atoms in total. The number of aromatic nitrogens is 5. The standard InChI is InChI=1S/C22H29N7O2/c1-14(2)19-11-18(27-29(19)22(4,5)6)21(31)26-17-9-7-16(8-10-17)25-20(30)15(3)28-13-23-12-24-28/h7-15H,1-6H3,(H,25,30)(H,26,31). The Morgan fingerprint density at radius 3 is 2.10 bits per heavy atom. The predicted octanol–water partition coefficient (Wildman–Crippen LogP) is 3.81. The van der Waals surface area contributed by atoms with Crippen LogP contribution in [0, 0.1) is 0 Å². The lowest BCUT2D eigenvalue weighted by Gasteiger charge is -2.23. The Morgan fingerprint density at radius 2 is 1.61 bits per heavy atom. The lowest BCUT2D eigenvalue weighted by molar-refractivity contribution is -0.119. The van der Waals surface area contributed by atoms with E-state index in [2.05, 4.69) is 60.4 Å². The largest absolute Gasteiger partial charge is 0.324 e. The molecule has 164 valence electrons. The monoisotopic (exact) mass is 423 g/mol. The second kappa shape index (κ2) is 8.71. The van der Waals surface area contributed by atoms with Gasteiger partial charge in [-0.25, -0.2) is 9.67 Å². The molecular formula is C22H29N7O2. The molecule has 1 aromatic carbocycles. The molecule has 0 fully saturated rings. The van der Waals surface area contributed by atoms with Gasteiger partial charge in [-0.1, -0.05) is 13.8 Å². The molecule has 0 saturated carbocycles. The van der Waals surface area contributed by atoms with Crippen LogP contribution in [-0.2, 0) is 10.3 Å². The minimum absolute atomic E-state index is 0.212. The molecule has 0 aliphatic rings. The number of hydrogen-bond donors (Lipinski definition) is 2. The van der Waals surface area contributed by atoms with E-state index in [1.165, 1.54) is 17.3 Å². The summed E-state index contributed by atoms with van der Waals surface area (Å²) in [5.74, 6) is -0.242. The molecule has 1 unspecified atom stereocenters. The number of nitrogens with zero attached hydrogens (tertiary/aromatic N) is 5. The number of amides is 2. The quantitative estimate of drug-likeness (QED) is 0.627. The zero-order chi connectivity index (χ0) is 22.8. The van der Waals surface area contributed by atoms with Gasteiger partial charge in [-0.3, -0.25) is 14.3 Å². The topological polar surface area (TPSA) is 107 Å². The molecule has 31 heavy (non-hydrogen) atoms. The first-order valence-electron chi connectivity index (χ1n) is 10.2. The van der Waals surface area contributed by atoms with Gasteiger partial charge in [0.25, 0.3) is 5.91 Å². The number of benzene rings is 1. The fraction of sp³-hybridized carbons (Fsp3) is 0.409. The van der Waals surface area contributed by atoms with Crippen molar-refractivity contribution in [1.29, 1.82) is 0 Å². The van der Waals surface area contributed by atoms with Crippen LogP contribution in [0.4, 0.5) is 11.4 Å². The van der Waals surface area contributed by atoms with Gasteiger partial charge in [0.1, 0.15) is 18.7 Å². The summed E-state index contributed by atoms with van der Waals surface area (Å²) in [5.41, 5.74) is 2.40. The van der Waals surface area contributed by atoms with E-state index in [9.17, 15) is 9.59 Å². The SMILES string of the molecule is CC(C)c1cc(C(=O)Nc2ccc(NC(=O)C(C)n3cncn3)cc2)nn1C(C)(C)C. The second-order valence-electron chi connectivity index (χ2n) is 8.76. The molecule has 3 aromatic rings. The van der Waals surface area contributed by atoms with Crippen molar-refractivity contribution >= 4 is 23.2 Å². The number of nitrogens with one attached hydrogen (secondary N) is 2. The number of carbonyl (C=O) groups is 2. The Balaban J connectivity index is 1.67. The summed E-state index contributed by atoms with van der Waals surface area (Å²) in [4.78, 5) is 28.9. The molecule has 0 bridgehead atoms. The smallest absolute Gasteiger partial charge is 0.276 e. The predicted molar refractivity (Wildman–Crippen MR) is 119 cm³/mol. The maximum absolute atomic E-state index is 12.7. The summed E-state index contributed by atoms with van der Waals surface area (Å²) in [6.45, 7) is 12.1. The third-order valence-electron chi connectivity index (χ3n) is 4.82. The highest BCUT2D eigenvalue weighted by Gasteiger charge is 2.23. The van der Waals surface area contributed by atoms with Crippen LogP contribution in [0.2, 0.25) is 0 Å². The summed E-state index contributed by atoms with van der Waals surface area (Å²) in [5, 5.41) is 14.2. The molecule has 0 aliphatic carbocycles. The van der Waals surface area contributed by atoms with Gasteiger partial charge in [-0.15, -0.1) is 0 Å². The molecule has 9 heteroatoms. The van der Waals surface area contributed by atoms with Crippen LogP contribution in [0.5, 0.6) is 0 Å². The lowest BCUT2D eigenvalue weighted by Crippen LogP contribution is -2.26. The Kier molecular flexibility index (Phi) is 6.24. The summed E-state index contributed by atoms with van der Waals surface area (Å²) >= 11 is 0. The van der Waals surface area contributed by atoms with E-state index in [0.29, 0.717) is 17.1 Å². The van der Waals surface area contributed by atoms with Crippen LogP contribution in [0.3, 0.4) is 0 Å². The second-order valence-corrected chi connectivity index (χ2v) is 8.76. The molecule has 0 radical (unpaired) electrons. The molecule has 2 N–H and O–H groups in total. The molecule has 0 saturated heterocycles. The van der Waals surface area contributed by atoms with Crippen molar-refractivity contribution in [3.8, 4) is 0 Å². The van der Waals surface area contributed by atoms with Crippen molar-refractivity contribution in [3.63, 3.8) is 0 Å². The van der Waals surface area contributed by atoms with Gasteiger partial charge in [-0.2, -0.15) is 10.2 Å². The molecule has 3 rings (SSSR count). The third-order valence-corrected chi connectivity index (χ3v) is 4.82. The van der Waals surface area contributed by atoms with Crippen LogP contribution < -0.4 is 10.6 Å². The molecule has 2 heterocycles. The normalized spacial score (nSPS) is 12.6. The van der Waals surface area contributed by atoms with Crippen molar-refractivity contribution in [1.82, 2.24) is 24.5 Å². The van der Waals surface area contributed by atoms with E-state index in [1.54, 1.807) is 31.2 Å². The van der Waals surface area contributed by atoms with Gasteiger partial charge in [0.05, 0.1) is 5.54 Å². The van der Waals surface area contributed by atoms with E-state index < -0.39 is 6.04 Å². The highest BCUT2D eigenvalue weighted by Crippen LogP contribution is 2.24. The zero-order valence-corrected chi connectivity index (χ0v) is 18.7. The van der Waals surface area contributed by atoms with Gasteiger partial charge in [-0.05, 0) is 63.9 Å². The van der Waals surface area contributed by atoms with Gasteiger partial charge >= 0.3 is 0 Å². The van der Waals surface area contributed by atoms with E-state index in [-0.39, 0.29) is 23.3 Å². The maximum Gasteiger partial charge on any atom is 0.276 e. The Labute approximate surface area is 181 Å². The van der Waals surface area contributed by atoms with Crippen molar-refractivity contribution in [2.24, 2.45) is 0 Å². The van der Waals surface area contributed by atoms with E-state index in [1.807, 2.05) is 10.7 Å². The summed E-state index contributed by atoms with van der Waals surface area (Å²) in [6.07, 6.45) is 2.88. The average molecular weight is 424 g/mol. The van der Waals surface area contributed by atoms with Crippen LogP contribution in [0.25, 0.3) is 0 Å². The van der Waals surface area contributed by atoms with Crippen LogP contribution >= 0.6 is 0 Å². The van der Waals surface area contributed by atoms with E-state index in [0.717, 1.165) is 5.69 Å². The summed E-state index contributed by atoms with van der Waals surface area (Å²) in [6, 6.07) is 8.28. The summed E-state index contributed by atoms with van der Waals surface area (Å²) < 4.78 is 3.38. The third kappa shape index (κ3) is 5.17. The summed E-state index contributed by atoms with van der Waals surface area (Å²) in [7, 11) is 0. The van der Waals surface area contributed by atoms with Crippen LogP contribution in [0.15, 0.2) is 43.0 Å². The Bertz CT molecular complexity index is 1040. The fourth-order valence-corrected chi connectivity index (χ4v) is 3.07.